The molecule has 0 atom stereocenters. The molecule has 2 fully saturated rings. The molecular weight excluding hydrogens is 404 g/mol. The minimum absolute atomic E-state index is 0.157. The van der Waals surface area contributed by atoms with Crippen LogP contribution in [0.5, 0.6) is 0 Å². The zero-order valence-electron chi connectivity index (χ0n) is 16.9. The van der Waals surface area contributed by atoms with Crippen LogP contribution in [0, 0.1) is 12.8 Å². The molecule has 0 amide bonds. The highest BCUT2D eigenvalue weighted by Crippen LogP contribution is 2.47. The van der Waals surface area contributed by atoms with Crippen LogP contribution >= 0.6 is 0 Å². The van der Waals surface area contributed by atoms with Crippen LogP contribution in [0.25, 0.3) is 27.8 Å². The lowest BCUT2D eigenvalue weighted by Crippen LogP contribution is -2.37. The van der Waals surface area contributed by atoms with Gasteiger partial charge in [-0.2, -0.15) is 0 Å². The highest BCUT2D eigenvalue weighted by atomic mass is 19.3. The second kappa shape index (κ2) is 6.68. The molecule has 0 unspecified atom stereocenters. The average Bonchev–Trinajstić information content (AvgIpc) is 3.24. The summed E-state index contributed by atoms with van der Waals surface area (Å²) in [6.07, 6.45) is 5.10. The molecule has 6 rings (SSSR count). The summed E-state index contributed by atoms with van der Waals surface area (Å²) in [7, 11) is 0. The lowest BCUT2D eigenvalue weighted by molar-refractivity contribution is -0.103. The number of aryl methyl sites for hydroxylation is 1. The Kier molecular flexibility index (Phi) is 4.01. The summed E-state index contributed by atoms with van der Waals surface area (Å²) in [5, 5.41) is 7.78. The Morgan fingerprint density at radius 3 is 2.77 bits per heavy atom. The number of aromatic nitrogens is 6. The van der Waals surface area contributed by atoms with Gasteiger partial charge in [-0.1, -0.05) is 0 Å². The molecule has 0 spiro atoms. The maximum atomic E-state index is 13.5. The third kappa shape index (κ3) is 3.13. The number of fused-ring (bicyclic) bond motifs is 2. The first-order valence-corrected chi connectivity index (χ1v) is 10.4. The Labute approximate surface area is 176 Å². The topological polar surface area (TPSA) is 82.2 Å². The molecule has 4 aromatic rings. The van der Waals surface area contributed by atoms with Crippen LogP contribution in [0.1, 0.15) is 24.7 Å². The van der Waals surface area contributed by atoms with Gasteiger partial charge in [0.25, 0.3) is 5.92 Å². The van der Waals surface area contributed by atoms with E-state index in [2.05, 4.69) is 25.4 Å². The van der Waals surface area contributed by atoms with Gasteiger partial charge in [0.1, 0.15) is 5.82 Å². The summed E-state index contributed by atoms with van der Waals surface area (Å²) in [6, 6.07) is 3.68. The van der Waals surface area contributed by atoms with E-state index < -0.39 is 5.92 Å². The second-order valence-corrected chi connectivity index (χ2v) is 8.44. The van der Waals surface area contributed by atoms with Crippen LogP contribution in [0.3, 0.4) is 0 Å². The summed E-state index contributed by atoms with van der Waals surface area (Å²) >= 11 is 0. The van der Waals surface area contributed by atoms with E-state index >= 15 is 0 Å². The van der Waals surface area contributed by atoms with Crippen molar-refractivity contribution in [2.45, 2.75) is 31.7 Å². The van der Waals surface area contributed by atoms with E-state index in [1.54, 1.807) is 16.9 Å². The fourth-order valence-electron chi connectivity index (χ4n) is 4.37. The standard InChI is InChI=1S/C21H21F2N7O/c1-12-27-19-17(30(12)15-5-21(22,23)6-15)4-14(8-24-19)16-2-3-29-18(16)9-26-20(28-29)25-7-13-10-31-11-13/h2-4,8-9,13,15H,5-7,10-11H2,1H3,(H,25,28). The maximum Gasteiger partial charge on any atom is 0.252 e. The number of hydrogen-bond donors (Lipinski definition) is 1. The molecule has 4 aromatic heterocycles. The first kappa shape index (κ1) is 18.6. The van der Waals surface area contributed by atoms with E-state index in [0.717, 1.165) is 41.9 Å². The van der Waals surface area contributed by atoms with E-state index in [1.807, 2.05) is 29.8 Å². The van der Waals surface area contributed by atoms with Crippen molar-refractivity contribution >= 4 is 22.6 Å². The van der Waals surface area contributed by atoms with Crippen LogP contribution in [0.15, 0.2) is 30.7 Å². The van der Waals surface area contributed by atoms with Crippen molar-refractivity contribution in [1.29, 1.82) is 0 Å². The number of pyridine rings is 1. The minimum atomic E-state index is -2.59. The first-order chi connectivity index (χ1) is 15.0. The lowest BCUT2D eigenvalue weighted by atomic mass is 9.87. The Morgan fingerprint density at radius 2 is 2.03 bits per heavy atom. The Balaban J connectivity index is 1.33. The zero-order chi connectivity index (χ0) is 21.2. The minimum Gasteiger partial charge on any atom is -0.381 e. The van der Waals surface area contributed by atoms with Crippen LogP contribution in [0.4, 0.5) is 14.7 Å². The maximum absolute atomic E-state index is 13.5. The van der Waals surface area contributed by atoms with E-state index in [9.17, 15) is 8.78 Å². The number of imidazole rings is 1. The smallest absolute Gasteiger partial charge is 0.252 e. The SMILES string of the molecule is Cc1nc2ncc(-c3ccn4nc(NCC5COC5)ncc34)cc2n1C1CC(F)(F)C1. The van der Waals surface area contributed by atoms with Crippen molar-refractivity contribution in [3.8, 4) is 11.1 Å². The van der Waals surface area contributed by atoms with Gasteiger partial charge < -0.3 is 14.6 Å². The predicted octanol–water partition coefficient (Wildman–Crippen LogP) is 3.48. The molecule has 2 aliphatic rings. The first-order valence-electron chi connectivity index (χ1n) is 10.4. The van der Waals surface area contributed by atoms with E-state index in [4.69, 9.17) is 4.74 Å². The van der Waals surface area contributed by atoms with Gasteiger partial charge in [-0.25, -0.2) is 28.2 Å². The fourth-order valence-corrected chi connectivity index (χ4v) is 4.37. The summed E-state index contributed by atoms with van der Waals surface area (Å²) in [5.41, 5.74) is 3.99. The van der Waals surface area contributed by atoms with E-state index in [0.29, 0.717) is 23.3 Å². The zero-order valence-corrected chi connectivity index (χ0v) is 16.9. The normalized spacial score (nSPS) is 18.9. The largest absolute Gasteiger partial charge is 0.381 e. The molecule has 0 bridgehead atoms. The monoisotopic (exact) mass is 425 g/mol. The Morgan fingerprint density at radius 1 is 1.19 bits per heavy atom. The Bertz CT molecular complexity index is 1290. The summed E-state index contributed by atoms with van der Waals surface area (Å²) in [4.78, 5) is 13.4. The number of nitrogens with one attached hydrogen (secondary N) is 1. The van der Waals surface area contributed by atoms with E-state index in [1.165, 1.54) is 0 Å². The van der Waals surface area contributed by atoms with Gasteiger partial charge >= 0.3 is 0 Å². The molecule has 1 saturated carbocycles. The molecule has 160 valence electrons. The second-order valence-electron chi connectivity index (χ2n) is 8.44. The van der Waals surface area contributed by atoms with Gasteiger partial charge in [-0.15, -0.1) is 5.10 Å². The number of halogens is 2. The highest BCUT2D eigenvalue weighted by Gasteiger charge is 2.47. The number of nitrogens with zero attached hydrogens (tertiary/aromatic N) is 6. The summed E-state index contributed by atoms with van der Waals surface area (Å²) in [5.74, 6) is -0.819. The van der Waals surface area contributed by atoms with Gasteiger partial charge in [-0.05, 0) is 19.1 Å². The van der Waals surface area contributed by atoms with E-state index in [-0.39, 0.29) is 18.9 Å². The number of rotatable bonds is 5. The molecule has 1 aliphatic heterocycles. The van der Waals surface area contributed by atoms with Gasteiger partial charge in [0.05, 0.1) is 30.4 Å². The molecule has 1 aliphatic carbocycles. The van der Waals surface area contributed by atoms with Crippen molar-refractivity contribution in [2.24, 2.45) is 5.92 Å². The number of ether oxygens (including phenoxy) is 1. The number of alkyl halides is 2. The molecule has 0 radical (unpaired) electrons. The van der Waals surface area contributed by atoms with Gasteiger partial charge in [-0.3, -0.25) is 0 Å². The molecule has 31 heavy (non-hydrogen) atoms. The molecule has 0 aromatic carbocycles. The van der Waals surface area contributed by atoms with Crippen LogP contribution in [-0.2, 0) is 4.74 Å². The van der Waals surface area contributed by atoms with Gasteiger partial charge in [0.15, 0.2) is 5.65 Å². The average molecular weight is 425 g/mol. The molecule has 10 heteroatoms. The van der Waals surface area contributed by atoms with Crippen molar-refractivity contribution < 1.29 is 13.5 Å². The Hall–Kier alpha value is -3.14. The van der Waals surface area contributed by atoms with Crippen molar-refractivity contribution in [2.75, 3.05) is 25.1 Å². The van der Waals surface area contributed by atoms with Crippen molar-refractivity contribution in [1.82, 2.24) is 29.1 Å². The number of anilines is 1. The lowest BCUT2D eigenvalue weighted by Gasteiger charge is -2.36. The van der Waals surface area contributed by atoms with Crippen LogP contribution < -0.4 is 5.32 Å². The van der Waals surface area contributed by atoms with Gasteiger partial charge in [0, 0.05) is 54.9 Å². The third-order valence-electron chi connectivity index (χ3n) is 6.14. The summed E-state index contributed by atoms with van der Waals surface area (Å²) < 4.78 is 35.8. The van der Waals surface area contributed by atoms with Crippen LogP contribution in [0.2, 0.25) is 0 Å². The molecular formula is C21H21F2N7O. The molecule has 8 nitrogen and oxygen atoms in total. The van der Waals surface area contributed by atoms with Crippen LogP contribution in [-0.4, -0.2) is 54.8 Å². The molecule has 1 N–H and O–H groups in total. The molecule has 1 saturated heterocycles. The van der Waals surface area contributed by atoms with Crippen molar-refractivity contribution in [3.63, 3.8) is 0 Å². The predicted molar refractivity (Wildman–Crippen MR) is 110 cm³/mol. The van der Waals surface area contributed by atoms with Crippen molar-refractivity contribution in [3.05, 3.63) is 36.5 Å². The quantitative estimate of drug-likeness (QED) is 0.527. The summed E-state index contributed by atoms with van der Waals surface area (Å²) in [6.45, 7) is 4.16. The fraction of sp³-hybridized carbons (Fsp3) is 0.429. The molecule has 5 heterocycles. The third-order valence-corrected chi connectivity index (χ3v) is 6.14. The highest BCUT2D eigenvalue weighted by molar-refractivity contribution is 5.85. The van der Waals surface area contributed by atoms with Gasteiger partial charge in [0.2, 0.25) is 5.95 Å². The number of hydrogen-bond acceptors (Lipinski definition) is 6.